The van der Waals surface area contributed by atoms with E-state index in [9.17, 15) is 4.79 Å². The maximum absolute atomic E-state index is 11.1. The van der Waals surface area contributed by atoms with Crippen LogP contribution in [0.15, 0.2) is 0 Å². The van der Waals surface area contributed by atoms with Gasteiger partial charge in [0, 0.05) is 12.1 Å². The van der Waals surface area contributed by atoms with Gasteiger partial charge in [0.2, 0.25) is 0 Å². The zero-order valence-electron chi connectivity index (χ0n) is 10.8. The Hall–Kier alpha value is -0.610. The number of nitrogens with zero attached hydrogens (tertiary/aromatic N) is 1. The van der Waals surface area contributed by atoms with Gasteiger partial charge in [0.1, 0.15) is 0 Å². The molecule has 2 unspecified atom stereocenters. The Labute approximate surface area is 103 Å². The van der Waals surface area contributed by atoms with Gasteiger partial charge in [0.25, 0.3) is 0 Å². The molecule has 0 aromatic heterocycles. The average molecular weight is 241 g/mol. The molecule has 4 heteroatoms. The van der Waals surface area contributed by atoms with Crippen LogP contribution in [0, 0.1) is 11.8 Å². The summed E-state index contributed by atoms with van der Waals surface area (Å²) in [5, 5.41) is 9.17. The molecule has 0 radical (unpaired) electrons. The highest BCUT2D eigenvalue weighted by molar-refractivity contribution is 5.71. The van der Waals surface area contributed by atoms with E-state index >= 15 is 0 Å². The molecule has 0 aromatic rings. The van der Waals surface area contributed by atoms with Gasteiger partial charge in [-0.25, -0.2) is 0 Å². The van der Waals surface area contributed by atoms with Crippen molar-refractivity contribution in [2.45, 2.75) is 44.7 Å². The minimum absolute atomic E-state index is 0.0610. The van der Waals surface area contributed by atoms with Gasteiger partial charge in [-0.15, -0.1) is 0 Å². The second kappa shape index (κ2) is 5.36. The quantitative estimate of drug-likeness (QED) is 0.815. The monoisotopic (exact) mass is 241 g/mol. The van der Waals surface area contributed by atoms with E-state index in [-0.39, 0.29) is 12.0 Å². The zero-order valence-corrected chi connectivity index (χ0v) is 10.8. The summed E-state index contributed by atoms with van der Waals surface area (Å²) >= 11 is 0. The number of rotatable bonds is 3. The second-order valence-corrected chi connectivity index (χ2v) is 5.63. The summed E-state index contributed by atoms with van der Waals surface area (Å²) in [4.78, 5) is 13.4. The highest BCUT2D eigenvalue weighted by atomic mass is 16.5. The minimum Gasteiger partial charge on any atom is -0.481 e. The molecule has 0 amide bonds. The Morgan fingerprint density at radius 2 is 1.88 bits per heavy atom. The summed E-state index contributed by atoms with van der Waals surface area (Å²) in [7, 11) is 2.07. The Morgan fingerprint density at radius 1 is 1.24 bits per heavy atom. The SMILES string of the molecule is CC1CCC(N(C)C2COCC2C(=O)O)CC1. The Bertz CT molecular complexity index is 274. The highest BCUT2D eigenvalue weighted by Gasteiger charge is 2.39. The molecule has 1 saturated carbocycles. The number of aliphatic carboxylic acids is 1. The van der Waals surface area contributed by atoms with Gasteiger partial charge < -0.3 is 9.84 Å². The van der Waals surface area contributed by atoms with Crippen molar-refractivity contribution in [3.05, 3.63) is 0 Å². The molecule has 1 aliphatic heterocycles. The number of carboxylic acid groups (broad SMARTS) is 1. The molecular formula is C13H23NO3. The summed E-state index contributed by atoms with van der Waals surface area (Å²) in [5.41, 5.74) is 0. The second-order valence-electron chi connectivity index (χ2n) is 5.63. The molecule has 17 heavy (non-hydrogen) atoms. The first kappa shape index (κ1) is 12.8. The van der Waals surface area contributed by atoms with E-state index < -0.39 is 5.97 Å². The predicted octanol–water partition coefficient (Wildman–Crippen LogP) is 1.60. The smallest absolute Gasteiger partial charge is 0.310 e. The van der Waals surface area contributed by atoms with Crippen LogP contribution >= 0.6 is 0 Å². The lowest BCUT2D eigenvalue weighted by Gasteiger charge is -2.37. The van der Waals surface area contributed by atoms with Gasteiger partial charge in [-0.1, -0.05) is 6.92 Å². The molecule has 2 rings (SSSR count). The number of carboxylic acids is 1. The van der Waals surface area contributed by atoms with Crippen LogP contribution in [0.2, 0.25) is 0 Å². The standard InChI is InChI=1S/C13H23NO3/c1-9-3-5-10(6-4-9)14(2)12-8-17-7-11(12)13(15)16/h9-12H,3-8H2,1-2H3,(H,15,16). The summed E-state index contributed by atoms with van der Waals surface area (Å²) in [5.74, 6) is -0.238. The Morgan fingerprint density at radius 3 is 2.47 bits per heavy atom. The van der Waals surface area contributed by atoms with Crippen molar-refractivity contribution in [3.8, 4) is 0 Å². The minimum atomic E-state index is -0.719. The number of hydrogen-bond donors (Lipinski definition) is 1. The van der Waals surface area contributed by atoms with Crippen molar-refractivity contribution in [2.75, 3.05) is 20.3 Å². The summed E-state index contributed by atoms with van der Waals surface area (Å²) in [6.45, 7) is 3.24. The van der Waals surface area contributed by atoms with Crippen molar-refractivity contribution in [1.82, 2.24) is 4.90 Å². The number of ether oxygens (including phenoxy) is 1. The number of likely N-dealkylation sites (N-methyl/N-ethyl adjacent to an activating group) is 1. The Balaban J connectivity index is 1.94. The molecule has 0 aromatic carbocycles. The number of carbonyl (C=O) groups is 1. The van der Waals surface area contributed by atoms with Crippen LogP contribution in [0.4, 0.5) is 0 Å². The van der Waals surface area contributed by atoms with Crippen molar-refractivity contribution < 1.29 is 14.6 Å². The molecule has 2 fully saturated rings. The van der Waals surface area contributed by atoms with E-state index in [1.165, 1.54) is 25.7 Å². The summed E-state index contributed by atoms with van der Waals surface area (Å²) < 4.78 is 5.34. The third-order valence-corrected chi connectivity index (χ3v) is 4.45. The van der Waals surface area contributed by atoms with Gasteiger partial charge in [0.15, 0.2) is 0 Å². The summed E-state index contributed by atoms with van der Waals surface area (Å²) in [6.07, 6.45) is 4.92. The Kier molecular flexibility index (Phi) is 4.05. The molecule has 2 aliphatic rings. The van der Waals surface area contributed by atoms with Crippen LogP contribution in [0.3, 0.4) is 0 Å². The van der Waals surface area contributed by atoms with E-state index in [2.05, 4.69) is 18.9 Å². The highest BCUT2D eigenvalue weighted by Crippen LogP contribution is 2.30. The van der Waals surface area contributed by atoms with Gasteiger partial charge in [-0.05, 0) is 38.6 Å². The molecule has 1 N–H and O–H groups in total. The molecule has 0 spiro atoms. The van der Waals surface area contributed by atoms with Gasteiger partial charge in [0.05, 0.1) is 19.1 Å². The lowest BCUT2D eigenvalue weighted by Crippen LogP contribution is -2.47. The average Bonchev–Trinajstić information content (AvgIpc) is 2.78. The third-order valence-electron chi connectivity index (χ3n) is 4.45. The molecule has 2 atom stereocenters. The van der Waals surface area contributed by atoms with E-state index in [4.69, 9.17) is 9.84 Å². The van der Waals surface area contributed by atoms with Crippen LogP contribution in [-0.2, 0) is 9.53 Å². The largest absolute Gasteiger partial charge is 0.481 e. The van der Waals surface area contributed by atoms with Gasteiger partial charge >= 0.3 is 5.97 Å². The van der Waals surface area contributed by atoms with Crippen LogP contribution < -0.4 is 0 Å². The fourth-order valence-electron chi connectivity index (χ4n) is 3.10. The predicted molar refractivity (Wildman–Crippen MR) is 64.9 cm³/mol. The first-order valence-electron chi connectivity index (χ1n) is 6.62. The normalized spacial score (nSPS) is 38.5. The van der Waals surface area contributed by atoms with Crippen LogP contribution in [0.5, 0.6) is 0 Å². The van der Waals surface area contributed by atoms with E-state index in [1.54, 1.807) is 0 Å². The summed E-state index contributed by atoms with van der Waals surface area (Å²) in [6, 6.07) is 0.602. The van der Waals surface area contributed by atoms with Crippen LogP contribution in [-0.4, -0.2) is 48.3 Å². The van der Waals surface area contributed by atoms with Gasteiger partial charge in [-0.2, -0.15) is 0 Å². The van der Waals surface area contributed by atoms with Crippen molar-refractivity contribution in [2.24, 2.45) is 11.8 Å². The number of hydrogen-bond acceptors (Lipinski definition) is 3. The molecule has 1 heterocycles. The fourth-order valence-corrected chi connectivity index (χ4v) is 3.10. The first-order chi connectivity index (χ1) is 8.09. The topological polar surface area (TPSA) is 49.8 Å². The molecule has 0 bridgehead atoms. The fraction of sp³-hybridized carbons (Fsp3) is 0.923. The maximum Gasteiger partial charge on any atom is 0.310 e. The van der Waals surface area contributed by atoms with E-state index in [0.717, 1.165) is 5.92 Å². The lowest BCUT2D eigenvalue weighted by molar-refractivity contribution is -0.143. The zero-order chi connectivity index (χ0) is 12.4. The molecular weight excluding hydrogens is 218 g/mol. The van der Waals surface area contributed by atoms with Crippen LogP contribution in [0.25, 0.3) is 0 Å². The molecule has 4 nitrogen and oxygen atoms in total. The first-order valence-corrected chi connectivity index (χ1v) is 6.62. The molecule has 1 saturated heterocycles. The third kappa shape index (κ3) is 2.80. The van der Waals surface area contributed by atoms with Gasteiger partial charge in [-0.3, -0.25) is 9.69 Å². The lowest BCUT2D eigenvalue weighted by atomic mass is 9.85. The van der Waals surface area contributed by atoms with Crippen molar-refractivity contribution in [3.63, 3.8) is 0 Å². The van der Waals surface area contributed by atoms with Crippen molar-refractivity contribution >= 4 is 5.97 Å². The van der Waals surface area contributed by atoms with E-state index in [0.29, 0.717) is 19.3 Å². The maximum atomic E-state index is 11.1. The van der Waals surface area contributed by atoms with Crippen molar-refractivity contribution in [1.29, 1.82) is 0 Å². The molecule has 98 valence electrons. The van der Waals surface area contributed by atoms with E-state index in [1.807, 2.05) is 0 Å². The van der Waals surface area contributed by atoms with Crippen LogP contribution in [0.1, 0.15) is 32.6 Å². The molecule has 1 aliphatic carbocycles.